The van der Waals surface area contributed by atoms with Crippen LogP contribution in [0.5, 0.6) is 0 Å². The van der Waals surface area contributed by atoms with E-state index in [1.54, 1.807) is 0 Å². The predicted molar refractivity (Wildman–Crippen MR) is 67.4 cm³/mol. The molecule has 0 amide bonds. The molecule has 5 heteroatoms. The first kappa shape index (κ1) is 15.1. The maximum absolute atomic E-state index is 13.4. The van der Waals surface area contributed by atoms with E-state index in [9.17, 15) is 14.0 Å². The summed E-state index contributed by atoms with van der Waals surface area (Å²) in [6, 6.07) is 9.58. The van der Waals surface area contributed by atoms with E-state index in [-0.39, 0.29) is 12.5 Å². The van der Waals surface area contributed by atoms with Gasteiger partial charge in [-0.05, 0) is 24.8 Å². The topological polar surface area (TPSA) is 63.6 Å². The molecule has 0 heterocycles. The number of esters is 1. The molecule has 0 aliphatic carbocycles. The molecule has 0 radical (unpaired) electrons. The Bertz CT molecular complexity index is 442. The standard InChI is InChI=1S/C14H17FO4/c1-10(8-11-6-4-3-5-7-11)9-19-13(18)14(2,15)12(16)17/h3-7,10H,8-9H2,1-2H3,(H,16,17). The van der Waals surface area contributed by atoms with Crippen LogP contribution in [-0.4, -0.2) is 29.3 Å². The van der Waals surface area contributed by atoms with Crippen molar-refractivity contribution in [3.8, 4) is 0 Å². The fourth-order valence-corrected chi connectivity index (χ4v) is 1.52. The van der Waals surface area contributed by atoms with Gasteiger partial charge in [0.1, 0.15) is 0 Å². The van der Waals surface area contributed by atoms with Gasteiger partial charge in [-0.15, -0.1) is 0 Å². The minimum atomic E-state index is -2.99. The Kier molecular flexibility index (Phi) is 5.03. The van der Waals surface area contributed by atoms with Crippen LogP contribution in [0.4, 0.5) is 4.39 Å². The minimum absolute atomic E-state index is 0.0134. The highest BCUT2D eigenvalue weighted by molar-refractivity contribution is 6.01. The zero-order chi connectivity index (χ0) is 14.5. The molecule has 0 fully saturated rings. The molecule has 0 aliphatic heterocycles. The number of rotatable bonds is 6. The number of ether oxygens (including phenoxy) is 1. The molecule has 1 aromatic rings. The summed E-state index contributed by atoms with van der Waals surface area (Å²) >= 11 is 0. The number of hydrogen-bond acceptors (Lipinski definition) is 3. The van der Waals surface area contributed by atoms with Crippen LogP contribution in [0, 0.1) is 5.92 Å². The van der Waals surface area contributed by atoms with Gasteiger partial charge in [0.15, 0.2) is 0 Å². The van der Waals surface area contributed by atoms with E-state index in [0.717, 1.165) is 5.56 Å². The summed E-state index contributed by atoms with van der Waals surface area (Å²) in [5.41, 5.74) is -1.92. The third-order valence-corrected chi connectivity index (χ3v) is 2.71. The van der Waals surface area contributed by atoms with Crippen LogP contribution in [0.2, 0.25) is 0 Å². The van der Waals surface area contributed by atoms with Gasteiger partial charge in [0.25, 0.3) is 5.67 Å². The van der Waals surface area contributed by atoms with E-state index >= 15 is 0 Å². The van der Waals surface area contributed by atoms with Gasteiger partial charge in [-0.2, -0.15) is 0 Å². The normalized spacial score (nSPS) is 15.3. The predicted octanol–water partition coefficient (Wildman–Crippen LogP) is 2.22. The first-order valence-corrected chi connectivity index (χ1v) is 5.97. The SMILES string of the molecule is CC(COC(=O)C(C)(F)C(=O)O)Cc1ccccc1. The Balaban J connectivity index is 2.45. The van der Waals surface area contributed by atoms with Crippen molar-refractivity contribution < 1.29 is 23.8 Å². The Morgan fingerprint density at radius 1 is 1.37 bits per heavy atom. The summed E-state index contributed by atoms with van der Waals surface area (Å²) in [5, 5.41) is 8.54. The minimum Gasteiger partial charge on any atom is -0.478 e. The molecule has 0 spiro atoms. The number of alkyl halides is 1. The molecule has 0 aliphatic rings. The Labute approximate surface area is 111 Å². The first-order valence-electron chi connectivity index (χ1n) is 5.97. The number of hydrogen-bond donors (Lipinski definition) is 1. The summed E-state index contributed by atoms with van der Waals surface area (Å²) < 4.78 is 18.1. The molecular weight excluding hydrogens is 251 g/mol. The molecule has 2 atom stereocenters. The number of carboxylic acids is 1. The highest BCUT2D eigenvalue weighted by Crippen LogP contribution is 2.15. The van der Waals surface area contributed by atoms with Crippen LogP contribution in [0.3, 0.4) is 0 Å². The molecule has 104 valence electrons. The summed E-state index contributed by atoms with van der Waals surface area (Å²) in [5.74, 6) is -3.22. The molecule has 0 aromatic heterocycles. The zero-order valence-electron chi connectivity index (χ0n) is 10.9. The highest BCUT2D eigenvalue weighted by Gasteiger charge is 2.43. The molecule has 1 N–H and O–H groups in total. The number of carbonyl (C=O) groups is 2. The monoisotopic (exact) mass is 268 g/mol. The van der Waals surface area contributed by atoms with E-state index < -0.39 is 17.6 Å². The molecule has 0 bridgehead atoms. The lowest BCUT2D eigenvalue weighted by molar-refractivity contribution is -0.170. The lowest BCUT2D eigenvalue weighted by Gasteiger charge is -2.16. The van der Waals surface area contributed by atoms with E-state index in [1.165, 1.54) is 0 Å². The summed E-state index contributed by atoms with van der Waals surface area (Å²) in [6.45, 7) is 2.51. The Morgan fingerprint density at radius 2 is 1.95 bits per heavy atom. The van der Waals surface area contributed by atoms with Gasteiger partial charge < -0.3 is 9.84 Å². The maximum atomic E-state index is 13.4. The fourth-order valence-electron chi connectivity index (χ4n) is 1.52. The molecule has 19 heavy (non-hydrogen) atoms. The van der Waals surface area contributed by atoms with Crippen molar-refractivity contribution in [3.05, 3.63) is 35.9 Å². The van der Waals surface area contributed by atoms with Crippen LogP contribution >= 0.6 is 0 Å². The average Bonchev–Trinajstić information content (AvgIpc) is 2.36. The summed E-state index contributed by atoms with van der Waals surface area (Å²) in [6.07, 6.45) is 0.671. The van der Waals surface area contributed by atoms with Gasteiger partial charge in [0.2, 0.25) is 0 Å². The highest BCUT2D eigenvalue weighted by atomic mass is 19.1. The number of benzene rings is 1. The van der Waals surface area contributed by atoms with Crippen molar-refractivity contribution in [2.24, 2.45) is 5.92 Å². The van der Waals surface area contributed by atoms with Crippen LogP contribution in [0.1, 0.15) is 19.4 Å². The molecule has 1 aromatic carbocycles. The maximum Gasteiger partial charge on any atom is 0.355 e. The second-order valence-corrected chi connectivity index (χ2v) is 4.70. The van der Waals surface area contributed by atoms with Crippen LogP contribution in [0.15, 0.2) is 30.3 Å². The smallest absolute Gasteiger partial charge is 0.355 e. The van der Waals surface area contributed by atoms with Crippen molar-refractivity contribution in [1.29, 1.82) is 0 Å². The molecule has 0 saturated heterocycles. The van der Waals surface area contributed by atoms with E-state index in [1.807, 2.05) is 37.3 Å². The van der Waals surface area contributed by atoms with E-state index in [0.29, 0.717) is 13.3 Å². The van der Waals surface area contributed by atoms with Gasteiger partial charge in [0, 0.05) is 0 Å². The van der Waals surface area contributed by atoms with Gasteiger partial charge in [-0.3, -0.25) is 0 Å². The van der Waals surface area contributed by atoms with Gasteiger partial charge >= 0.3 is 11.9 Å². The number of carbonyl (C=O) groups excluding carboxylic acids is 1. The summed E-state index contributed by atoms with van der Waals surface area (Å²) in [4.78, 5) is 21.8. The van der Waals surface area contributed by atoms with Crippen molar-refractivity contribution in [2.45, 2.75) is 25.9 Å². The van der Waals surface area contributed by atoms with Crippen molar-refractivity contribution >= 4 is 11.9 Å². The van der Waals surface area contributed by atoms with Crippen molar-refractivity contribution in [1.82, 2.24) is 0 Å². The largest absolute Gasteiger partial charge is 0.478 e. The quantitative estimate of drug-likeness (QED) is 0.634. The molecule has 2 unspecified atom stereocenters. The molecule has 0 saturated carbocycles. The fraction of sp³-hybridized carbons (Fsp3) is 0.429. The lowest BCUT2D eigenvalue weighted by Crippen LogP contribution is -2.41. The second kappa shape index (κ2) is 6.31. The van der Waals surface area contributed by atoms with Gasteiger partial charge in [-0.1, -0.05) is 37.3 Å². The van der Waals surface area contributed by atoms with Crippen molar-refractivity contribution in [2.75, 3.05) is 6.61 Å². The van der Waals surface area contributed by atoms with Gasteiger partial charge in [0.05, 0.1) is 6.61 Å². The van der Waals surface area contributed by atoms with E-state index in [2.05, 4.69) is 0 Å². The third-order valence-electron chi connectivity index (χ3n) is 2.71. The molecule has 1 rings (SSSR count). The molecular formula is C14H17FO4. The van der Waals surface area contributed by atoms with Crippen LogP contribution in [-0.2, 0) is 20.7 Å². The summed E-state index contributed by atoms with van der Waals surface area (Å²) in [7, 11) is 0. The molecule has 4 nitrogen and oxygen atoms in total. The zero-order valence-corrected chi connectivity index (χ0v) is 10.9. The third kappa shape index (κ3) is 4.35. The van der Waals surface area contributed by atoms with Crippen molar-refractivity contribution in [3.63, 3.8) is 0 Å². The lowest BCUT2D eigenvalue weighted by atomic mass is 10.0. The second-order valence-electron chi connectivity index (χ2n) is 4.70. The number of halogens is 1. The van der Waals surface area contributed by atoms with Gasteiger partial charge in [-0.25, -0.2) is 14.0 Å². The number of aliphatic carboxylic acids is 1. The van der Waals surface area contributed by atoms with Crippen LogP contribution < -0.4 is 0 Å². The average molecular weight is 268 g/mol. The van der Waals surface area contributed by atoms with E-state index in [4.69, 9.17) is 9.84 Å². The number of carboxylic acid groups (broad SMARTS) is 1. The Morgan fingerprint density at radius 3 is 2.47 bits per heavy atom. The van der Waals surface area contributed by atoms with Crippen LogP contribution in [0.25, 0.3) is 0 Å². The first-order chi connectivity index (χ1) is 8.84. The Hall–Kier alpha value is -1.91.